The Labute approximate surface area is 208 Å². The van der Waals surface area contributed by atoms with Crippen molar-refractivity contribution in [2.24, 2.45) is 0 Å². The second-order valence-electron chi connectivity index (χ2n) is 8.42. The average Bonchev–Trinajstić information content (AvgIpc) is 2.85. The molecule has 0 spiro atoms. The summed E-state index contributed by atoms with van der Waals surface area (Å²) in [7, 11) is 0. The number of amides is 2. The van der Waals surface area contributed by atoms with E-state index in [2.05, 4.69) is 36.2 Å². The standard InChI is InChI=1S/C26H25ClN4O4/c1-17-6-5-9-24(18(17)2)29-12-14-30(15-13-29)26(33)21-7-3-4-8-23(21)28-25(32)20-11-10-19(31(34)35)16-22(20)27/h3-11,16H,12-15H2,1-2H3,(H,28,32). The van der Waals surface area contributed by atoms with Gasteiger partial charge in [0, 0.05) is 44.0 Å². The Bertz CT molecular complexity index is 1300. The number of non-ortho nitro benzene ring substituents is 1. The predicted octanol–water partition coefficient (Wildman–Crippen LogP) is 5.08. The quantitative estimate of drug-likeness (QED) is 0.396. The Hall–Kier alpha value is -3.91. The van der Waals surface area contributed by atoms with Gasteiger partial charge in [0.2, 0.25) is 0 Å². The number of carbonyl (C=O) groups excluding carboxylic acids is 2. The molecule has 2 amide bonds. The van der Waals surface area contributed by atoms with E-state index in [1.165, 1.54) is 28.9 Å². The average molecular weight is 493 g/mol. The van der Waals surface area contributed by atoms with Crippen LogP contribution >= 0.6 is 11.6 Å². The van der Waals surface area contributed by atoms with Crippen molar-refractivity contribution in [2.45, 2.75) is 13.8 Å². The van der Waals surface area contributed by atoms with Crippen LogP contribution in [0.5, 0.6) is 0 Å². The molecule has 1 N–H and O–H groups in total. The van der Waals surface area contributed by atoms with Crippen molar-refractivity contribution in [3.8, 4) is 0 Å². The molecule has 0 unspecified atom stereocenters. The minimum absolute atomic E-state index is 0.0388. The van der Waals surface area contributed by atoms with E-state index in [9.17, 15) is 19.7 Å². The largest absolute Gasteiger partial charge is 0.368 e. The van der Waals surface area contributed by atoms with Gasteiger partial charge in [0.1, 0.15) is 0 Å². The first-order valence-corrected chi connectivity index (χ1v) is 11.6. The van der Waals surface area contributed by atoms with Crippen molar-refractivity contribution in [2.75, 3.05) is 36.4 Å². The first-order valence-electron chi connectivity index (χ1n) is 11.2. The highest BCUT2D eigenvalue weighted by Crippen LogP contribution is 2.27. The van der Waals surface area contributed by atoms with Crippen LogP contribution in [-0.2, 0) is 0 Å². The Balaban J connectivity index is 1.47. The normalized spacial score (nSPS) is 13.5. The number of piperazine rings is 1. The molecule has 4 rings (SSSR count). The van der Waals surface area contributed by atoms with Crippen LogP contribution in [0.3, 0.4) is 0 Å². The number of anilines is 2. The summed E-state index contributed by atoms with van der Waals surface area (Å²) in [6.07, 6.45) is 0. The van der Waals surface area contributed by atoms with E-state index in [-0.39, 0.29) is 22.2 Å². The van der Waals surface area contributed by atoms with E-state index in [0.717, 1.165) is 6.07 Å². The predicted molar refractivity (Wildman–Crippen MR) is 137 cm³/mol. The number of nitrogens with one attached hydrogen (secondary N) is 1. The van der Waals surface area contributed by atoms with E-state index in [1.54, 1.807) is 29.2 Å². The zero-order valence-electron chi connectivity index (χ0n) is 19.5. The lowest BCUT2D eigenvalue weighted by Gasteiger charge is -2.37. The molecule has 3 aromatic rings. The number of nitrogens with zero attached hydrogens (tertiary/aromatic N) is 3. The van der Waals surface area contributed by atoms with Gasteiger partial charge in [-0.1, -0.05) is 35.9 Å². The van der Waals surface area contributed by atoms with Gasteiger partial charge in [-0.15, -0.1) is 0 Å². The van der Waals surface area contributed by atoms with Gasteiger partial charge in [-0.05, 0) is 49.2 Å². The molecule has 0 saturated carbocycles. The fraction of sp³-hybridized carbons (Fsp3) is 0.231. The van der Waals surface area contributed by atoms with Crippen molar-refractivity contribution in [1.29, 1.82) is 0 Å². The van der Waals surface area contributed by atoms with Gasteiger partial charge in [-0.3, -0.25) is 19.7 Å². The molecule has 1 saturated heterocycles. The molecule has 0 radical (unpaired) electrons. The third kappa shape index (κ3) is 5.12. The molecule has 180 valence electrons. The topological polar surface area (TPSA) is 95.8 Å². The van der Waals surface area contributed by atoms with Crippen molar-refractivity contribution in [1.82, 2.24) is 4.90 Å². The Morgan fingerprint density at radius 3 is 2.34 bits per heavy atom. The van der Waals surface area contributed by atoms with E-state index in [4.69, 9.17) is 11.6 Å². The SMILES string of the molecule is Cc1cccc(N2CCN(C(=O)c3ccccc3NC(=O)c3ccc([N+](=O)[O-])cc3Cl)CC2)c1C. The van der Waals surface area contributed by atoms with Crippen LogP contribution in [0.4, 0.5) is 17.1 Å². The summed E-state index contributed by atoms with van der Waals surface area (Å²) in [6, 6.07) is 16.7. The van der Waals surface area contributed by atoms with Gasteiger partial charge in [-0.25, -0.2) is 0 Å². The first kappa shape index (κ1) is 24.2. The number of aryl methyl sites for hydroxylation is 1. The first-order chi connectivity index (χ1) is 16.8. The van der Waals surface area contributed by atoms with Gasteiger partial charge < -0.3 is 15.1 Å². The fourth-order valence-corrected chi connectivity index (χ4v) is 4.43. The molecule has 0 bridgehead atoms. The van der Waals surface area contributed by atoms with Gasteiger partial charge in [0.25, 0.3) is 17.5 Å². The maximum absolute atomic E-state index is 13.3. The maximum Gasteiger partial charge on any atom is 0.270 e. The number of nitro benzene ring substituents is 1. The number of halogens is 1. The summed E-state index contributed by atoms with van der Waals surface area (Å²) in [6.45, 7) is 6.74. The highest BCUT2D eigenvalue weighted by atomic mass is 35.5. The third-order valence-electron chi connectivity index (χ3n) is 6.30. The minimum Gasteiger partial charge on any atom is -0.368 e. The molecule has 0 aromatic heterocycles. The highest BCUT2D eigenvalue weighted by molar-refractivity contribution is 6.34. The number of benzene rings is 3. The van der Waals surface area contributed by atoms with E-state index < -0.39 is 10.8 Å². The molecule has 35 heavy (non-hydrogen) atoms. The van der Waals surface area contributed by atoms with Crippen LogP contribution in [0, 0.1) is 24.0 Å². The summed E-state index contributed by atoms with van der Waals surface area (Å²) in [5.41, 5.74) is 4.27. The number of hydrogen-bond donors (Lipinski definition) is 1. The summed E-state index contributed by atoms with van der Waals surface area (Å²) < 4.78 is 0. The molecule has 1 heterocycles. The van der Waals surface area contributed by atoms with E-state index in [1.807, 2.05) is 6.07 Å². The van der Waals surface area contributed by atoms with Crippen LogP contribution in [0.1, 0.15) is 31.8 Å². The molecule has 0 atom stereocenters. The van der Waals surface area contributed by atoms with Crippen molar-refractivity contribution >= 4 is 40.5 Å². The summed E-state index contributed by atoms with van der Waals surface area (Å²) in [4.78, 5) is 40.6. The molecule has 9 heteroatoms. The Morgan fingerprint density at radius 2 is 1.66 bits per heavy atom. The molecule has 8 nitrogen and oxygen atoms in total. The van der Waals surface area contributed by atoms with Crippen molar-refractivity contribution in [3.05, 3.63) is 98.1 Å². The lowest BCUT2D eigenvalue weighted by Crippen LogP contribution is -2.49. The number of carbonyl (C=O) groups is 2. The Morgan fingerprint density at radius 1 is 0.943 bits per heavy atom. The smallest absolute Gasteiger partial charge is 0.270 e. The van der Waals surface area contributed by atoms with E-state index in [0.29, 0.717) is 37.4 Å². The van der Waals surface area contributed by atoms with Gasteiger partial charge in [0.15, 0.2) is 0 Å². The second kappa shape index (κ2) is 10.1. The van der Waals surface area contributed by atoms with Crippen molar-refractivity contribution < 1.29 is 14.5 Å². The van der Waals surface area contributed by atoms with Gasteiger partial charge >= 0.3 is 0 Å². The summed E-state index contributed by atoms with van der Waals surface area (Å²) in [5.74, 6) is -0.721. The molecule has 3 aromatic carbocycles. The monoisotopic (exact) mass is 492 g/mol. The molecule has 1 aliphatic heterocycles. The molecular weight excluding hydrogens is 468 g/mol. The van der Waals surface area contributed by atoms with Gasteiger partial charge in [0.05, 0.1) is 26.8 Å². The highest BCUT2D eigenvalue weighted by Gasteiger charge is 2.25. The molecule has 0 aliphatic carbocycles. The number of para-hydroxylation sites is 1. The minimum atomic E-state index is -0.582. The third-order valence-corrected chi connectivity index (χ3v) is 6.61. The van der Waals surface area contributed by atoms with Crippen LogP contribution in [-0.4, -0.2) is 47.8 Å². The maximum atomic E-state index is 13.3. The van der Waals surface area contributed by atoms with Crippen LogP contribution in [0.2, 0.25) is 5.02 Å². The van der Waals surface area contributed by atoms with Crippen LogP contribution in [0.15, 0.2) is 60.7 Å². The zero-order chi connectivity index (χ0) is 25.1. The number of rotatable bonds is 5. The van der Waals surface area contributed by atoms with Gasteiger partial charge in [-0.2, -0.15) is 0 Å². The van der Waals surface area contributed by atoms with Crippen LogP contribution < -0.4 is 10.2 Å². The lowest BCUT2D eigenvalue weighted by molar-refractivity contribution is -0.384. The zero-order valence-corrected chi connectivity index (χ0v) is 20.2. The molecule has 1 fully saturated rings. The number of hydrogen-bond acceptors (Lipinski definition) is 5. The fourth-order valence-electron chi connectivity index (χ4n) is 4.17. The lowest BCUT2D eigenvalue weighted by atomic mass is 10.1. The van der Waals surface area contributed by atoms with Crippen molar-refractivity contribution in [3.63, 3.8) is 0 Å². The molecular formula is C26H25ClN4O4. The number of nitro groups is 1. The molecule has 1 aliphatic rings. The Kier molecular flexibility index (Phi) is 7.02. The second-order valence-corrected chi connectivity index (χ2v) is 8.83. The van der Waals surface area contributed by atoms with Crippen LogP contribution in [0.25, 0.3) is 0 Å². The summed E-state index contributed by atoms with van der Waals surface area (Å²) >= 11 is 6.10. The summed E-state index contributed by atoms with van der Waals surface area (Å²) in [5, 5.41) is 13.6. The van der Waals surface area contributed by atoms with E-state index >= 15 is 0 Å².